The maximum Gasteiger partial charge on any atom is 0.410 e. The summed E-state index contributed by atoms with van der Waals surface area (Å²) in [6, 6.07) is 20.9. The number of amides is 1. The standard InChI is InChI=1S/C25H29NO3/c1-24(2,3)29-23(28)26-16-20-21(17-26)25(15-14-22(20)27,18-10-6-4-7-11-18)19-12-8-5-9-13-19/h4-13,20-21H,14-17H2,1-3H3/t20-,21+/m0/s1. The van der Waals surface area contributed by atoms with E-state index < -0.39 is 5.60 Å². The summed E-state index contributed by atoms with van der Waals surface area (Å²) in [6.07, 6.45) is 0.978. The average molecular weight is 392 g/mol. The minimum Gasteiger partial charge on any atom is -0.444 e. The molecular formula is C25H29NO3. The first-order valence-corrected chi connectivity index (χ1v) is 10.4. The Balaban J connectivity index is 1.77. The Bertz CT molecular complexity index is 846. The number of nitrogens with zero attached hydrogens (tertiary/aromatic N) is 1. The van der Waals surface area contributed by atoms with Crippen LogP contribution in [-0.2, 0) is 14.9 Å². The number of carbonyl (C=O) groups is 2. The van der Waals surface area contributed by atoms with Crippen molar-refractivity contribution in [3.05, 3.63) is 71.8 Å². The van der Waals surface area contributed by atoms with Gasteiger partial charge in [-0.15, -0.1) is 0 Å². The van der Waals surface area contributed by atoms with Crippen molar-refractivity contribution < 1.29 is 14.3 Å². The molecule has 1 heterocycles. The van der Waals surface area contributed by atoms with Gasteiger partial charge in [-0.25, -0.2) is 4.79 Å². The summed E-state index contributed by atoms with van der Waals surface area (Å²) in [7, 11) is 0. The van der Waals surface area contributed by atoms with E-state index in [1.807, 2.05) is 32.9 Å². The fourth-order valence-corrected chi connectivity index (χ4v) is 5.15. The number of benzene rings is 2. The highest BCUT2D eigenvalue weighted by molar-refractivity contribution is 5.85. The zero-order valence-electron chi connectivity index (χ0n) is 17.4. The van der Waals surface area contributed by atoms with Gasteiger partial charge < -0.3 is 9.64 Å². The van der Waals surface area contributed by atoms with Gasteiger partial charge in [0.15, 0.2) is 0 Å². The van der Waals surface area contributed by atoms with Crippen molar-refractivity contribution >= 4 is 11.9 Å². The fraction of sp³-hybridized carbons (Fsp3) is 0.440. The first-order chi connectivity index (χ1) is 13.8. The Labute approximate surface area is 172 Å². The minimum atomic E-state index is -0.551. The van der Waals surface area contributed by atoms with Crippen LogP contribution in [0.25, 0.3) is 0 Å². The first-order valence-electron chi connectivity index (χ1n) is 10.4. The van der Waals surface area contributed by atoms with Crippen molar-refractivity contribution in [3.63, 3.8) is 0 Å². The monoisotopic (exact) mass is 391 g/mol. The molecular weight excluding hydrogens is 362 g/mol. The van der Waals surface area contributed by atoms with Crippen LogP contribution in [-0.4, -0.2) is 35.5 Å². The van der Waals surface area contributed by atoms with Gasteiger partial charge in [0.1, 0.15) is 11.4 Å². The lowest BCUT2D eigenvalue weighted by Crippen LogP contribution is -2.47. The van der Waals surface area contributed by atoms with Crippen LogP contribution >= 0.6 is 0 Å². The number of fused-ring (bicyclic) bond motifs is 1. The first kappa shape index (κ1) is 19.7. The molecule has 0 spiro atoms. The van der Waals surface area contributed by atoms with Crippen LogP contribution in [0.1, 0.15) is 44.7 Å². The third kappa shape index (κ3) is 3.57. The third-order valence-electron chi connectivity index (χ3n) is 6.36. The van der Waals surface area contributed by atoms with Gasteiger partial charge in [-0.05, 0) is 38.3 Å². The number of rotatable bonds is 2. The molecule has 0 N–H and O–H groups in total. The van der Waals surface area contributed by atoms with Gasteiger partial charge in [0.25, 0.3) is 0 Å². The summed E-state index contributed by atoms with van der Waals surface area (Å²) in [5.74, 6) is 0.154. The molecule has 4 rings (SSSR count). The van der Waals surface area contributed by atoms with Crippen LogP contribution in [0.3, 0.4) is 0 Å². The maximum atomic E-state index is 12.9. The molecule has 0 unspecified atom stereocenters. The topological polar surface area (TPSA) is 46.6 Å². The van der Waals surface area contributed by atoms with E-state index in [1.54, 1.807) is 4.90 Å². The summed E-state index contributed by atoms with van der Waals surface area (Å²) in [4.78, 5) is 27.4. The molecule has 0 aromatic heterocycles. The van der Waals surface area contributed by atoms with Gasteiger partial charge in [-0.3, -0.25) is 4.79 Å². The summed E-state index contributed by atoms with van der Waals surface area (Å²) in [5, 5.41) is 0. The molecule has 2 aliphatic rings. The molecule has 1 saturated carbocycles. The highest BCUT2D eigenvalue weighted by atomic mass is 16.6. The summed E-state index contributed by atoms with van der Waals surface area (Å²) in [5.41, 5.74) is 1.61. The van der Waals surface area contributed by atoms with Crippen molar-refractivity contribution in [1.29, 1.82) is 0 Å². The van der Waals surface area contributed by atoms with E-state index in [-0.39, 0.29) is 29.1 Å². The number of Topliss-reactive ketones (excluding diaryl/α,β-unsaturated/α-hetero) is 1. The van der Waals surface area contributed by atoms with Gasteiger partial charge in [0, 0.05) is 36.8 Å². The minimum absolute atomic E-state index is 0.0427. The third-order valence-corrected chi connectivity index (χ3v) is 6.36. The second-order valence-electron chi connectivity index (χ2n) is 9.27. The Morgan fingerprint density at radius 1 is 0.966 bits per heavy atom. The van der Waals surface area contributed by atoms with Crippen LogP contribution in [0.15, 0.2) is 60.7 Å². The summed E-state index contributed by atoms with van der Waals surface area (Å²) in [6.45, 7) is 6.60. The molecule has 1 amide bonds. The van der Waals surface area contributed by atoms with Crippen molar-refractivity contribution in [2.45, 2.75) is 44.6 Å². The van der Waals surface area contributed by atoms with E-state index in [1.165, 1.54) is 11.1 Å². The summed E-state index contributed by atoms with van der Waals surface area (Å²) < 4.78 is 5.62. The molecule has 2 aromatic rings. The smallest absolute Gasteiger partial charge is 0.410 e. The largest absolute Gasteiger partial charge is 0.444 e. The van der Waals surface area contributed by atoms with Crippen LogP contribution in [0.2, 0.25) is 0 Å². The van der Waals surface area contributed by atoms with E-state index >= 15 is 0 Å². The fourth-order valence-electron chi connectivity index (χ4n) is 5.15. The Kier molecular flexibility index (Phi) is 4.97. The van der Waals surface area contributed by atoms with Gasteiger partial charge in [0.05, 0.1) is 0 Å². The van der Waals surface area contributed by atoms with Gasteiger partial charge in [-0.1, -0.05) is 60.7 Å². The average Bonchev–Trinajstić information content (AvgIpc) is 3.16. The molecule has 4 heteroatoms. The van der Waals surface area contributed by atoms with Gasteiger partial charge in [0.2, 0.25) is 0 Å². The van der Waals surface area contributed by atoms with Crippen molar-refractivity contribution in [3.8, 4) is 0 Å². The number of ether oxygens (including phenoxy) is 1. The van der Waals surface area contributed by atoms with E-state index in [0.29, 0.717) is 19.5 Å². The predicted molar refractivity (Wildman–Crippen MR) is 113 cm³/mol. The van der Waals surface area contributed by atoms with Gasteiger partial charge in [-0.2, -0.15) is 0 Å². The SMILES string of the molecule is CC(C)(C)OC(=O)N1C[C@@H]2C(=O)CCC(c3ccccc3)(c3ccccc3)[C@@H]2C1. The highest BCUT2D eigenvalue weighted by Gasteiger charge is 2.55. The van der Waals surface area contributed by atoms with E-state index in [4.69, 9.17) is 4.74 Å². The Hall–Kier alpha value is -2.62. The van der Waals surface area contributed by atoms with Crippen molar-refractivity contribution in [2.75, 3.05) is 13.1 Å². The normalized spacial score (nSPS) is 23.6. The zero-order chi connectivity index (χ0) is 20.6. The number of ketones is 1. The second-order valence-corrected chi connectivity index (χ2v) is 9.27. The molecule has 0 radical (unpaired) electrons. The van der Waals surface area contributed by atoms with Crippen LogP contribution in [0, 0.1) is 11.8 Å². The zero-order valence-corrected chi connectivity index (χ0v) is 17.4. The lowest BCUT2D eigenvalue weighted by molar-refractivity contribution is -0.126. The molecule has 2 aromatic carbocycles. The molecule has 4 nitrogen and oxygen atoms in total. The highest BCUT2D eigenvalue weighted by Crippen LogP contribution is 2.52. The summed E-state index contributed by atoms with van der Waals surface area (Å²) >= 11 is 0. The molecule has 2 fully saturated rings. The van der Waals surface area contributed by atoms with E-state index in [9.17, 15) is 9.59 Å². The van der Waals surface area contributed by atoms with Crippen LogP contribution in [0.4, 0.5) is 4.79 Å². The predicted octanol–water partition coefficient (Wildman–Crippen LogP) is 4.82. The van der Waals surface area contributed by atoms with Crippen LogP contribution in [0.5, 0.6) is 0 Å². The Morgan fingerprint density at radius 2 is 1.52 bits per heavy atom. The molecule has 29 heavy (non-hydrogen) atoms. The van der Waals surface area contributed by atoms with E-state index in [0.717, 1.165) is 6.42 Å². The molecule has 2 atom stereocenters. The number of hydrogen-bond donors (Lipinski definition) is 0. The molecule has 1 aliphatic heterocycles. The lowest BCUT2D eigenvalue weighted by atomic mass is 9.56. The maximum absolute atomic E-state index is 12.9. The number of likely N-dealkylation sites (tertiary alicyclic amines) is 1. The number of hydrogen-bond acceptors (Lipinski definition) is 3. The quantitative estimate of drug-likeness (QED) is 0.737. The Morgan fingerprint density at radius 3 is 2.03 bits per heavy atom. The van der Waals surface area contributed by atoms with Gasteiger partial charge >= 0.3 is 6.09 Å². The molecule has 1 aliphatic carbocycles. The number of carbonyl (C=O) groups excluding carboxylic acids is 2. The van der Waals surface area contributed by atoms with Crippen molar-refractivity contribution in [2.24, 2.45) is 11.8 Å². The molecule has 152 valence electrons. The van der Waals surface area contributed by atoms with Crippen molar-refractivity contribution in [1.82, 2.24) is 4.90 Å². The van der Waals surface area contributed by atoms with Crippen LogP contribution < -0.4 is 0 Å². The van der Waals surface area contributed by atoms with E-state index in [2.05, 4.69) is 48.5 Å². The molecule has 1 saturated heterocycles. The molecule has 0 bridgehead atoms. The second kappa shape index (κ2) is 7.33. The lowest BCUT2D eigenvalue weighted by Gasteiger charge is -2.45.